The van der Waals surface area contributed by atoms with Crippen molar-refractivity contribution in [2.45, 2.75) is 56.7 Å². The lowest BCUT2D eigenvalue weighted by atomic mass is 10.1. The molecule has 0 aromatic carbocycles. The number of hydrogen-bond acceptors (Lipinski definition) is 10. The quantitative estimate of drug-likeness (QED) is 0.0301. The highest BCUT2D eigenvalue weighted by Crippen LogP contribution is 2.02. The molecule has 21 nitrogen and oxygen atoms in total. The largest absolute Gasteiger partial charge is 0.481 e. The number of amides is 5. The zero-order valence-corrected chi connectivity index (χ0v) is 24.0. The predicted octanol–water partition coefficient (Wildman–Crippen LogP) is -6.31. The van der Waals surface area contributed by atoms with Gasteiger partial charge in [0, 0.05) is 19.5 Å². The summed E-state index contributed by atoms with van der Waals surface area (Å²) >= 11 is 0. The summed E-state index contributed by atoms with van der Waals surface area (Å²) < 4.78 is 0. The Bertz CT molecular complexity index is 1070. The van der Waals surface area contributed by atoms with E-state index in [1.807, 2.05) is 0 Å². The Kier molecular flexibility index (Phi) is 18.9. The van der Waals surface area contributed by atoms with Gasteiger partial charge in [-0.2, -0.15) is 0 Å². The minimum Gasteiger partial charge on any atom is -0.481 e. The molecule has 0 radical (unpaired) electrons. The van der Waals surface area contributed by atoms with E-state index in [1.165, 1.54) is 0 Å². The maximum absolute atomic E-state index is 12.7. The van der Waals surface area contributed by atoms with Crippen LogP contribution in [-0.4, -0.2) is 114 Å². The summed E-state index contributed by atoms with van der Waals surface area (Å²) in [5.74, 6) is -6.77. The number of nitrogens with two attached hydrogens (primary N) is 5. The number of nitrogens with zero attached hydrogens (tertiary/aromatic N) is 2. The summed E-state index contributed by atoms with van der Waals surface area (Å²) in [6.07, 6.45) is 0.166. The lowest BCUT2D eigenvalue weighted by Gasteiger charge is -2.20. The fraction of sp³-hybridized carbons (Fsp3) is 0.609. The van der Waals surface area contributed by atoms with Crippen LogP contribution >= 0.6 is 0 Å². The Morgan fingerprint density at radius 1 is 0.614 bits per heavy atom. The SMILES string of the molecule is NC(N)=NCCCC(N)C(=O)NC(CCCN=C(N)N)C(=O)NCC(=O)NCC(=O)NCC(=O)NC(CCC(=O)O)C(=O)O. The fourth-order valence-electron chi connectivity index (χ4n) is 3.25. The maximum atomic E-state index is 12.7. The van der Waals surface area contributed by atoms with Crippen molar-refractivity contribution in [3.8, 4) is 0 Å². The van der Waals surface area contributed by atoms with Gasteiger partial charge in [0.15, 0.2) is 11.9 Å². The van der Waals surface area contributed by atoms with Crippen LogP contribution in [0.25, 0.3) is 0 Å². The van der Waals surface area contributed by atoms with E-state index < -0.39 is 85.7 Å². The molecule has 0 bridgehead atoms. The number of rotatable bonds is 22. The molecular weight excluding hydrogens is 588 g/mol. The standard InChI is InChI=1S/C23H42N12O9/c24-12(3-1-7-29-22(25)26)19(41)35-13(4-2-8-30-23(27)28)20(42)33-10-16(37)31-9-15(36)32-11-17(38)34-14(21(43)44)5-6-18(39)40/h12-14H,1-11,24H2,(H,31,37)(H,32,36)(H,33,42)(H,34,38)(H,35,41)(H,39,40)(H,43,44)(H4,25,26,29)(H4,27,28,30). The predicted molar refractivity (Wildman–Crippen MR) is 155 cm³/mol. The van der Waals surface area contributed by atoms with Gasteiger partial charge in [0.05, 0.1) is 25.7 Å². The van der Waals surface area contributed by atoms with E-state index in [2.05, 4.69) is 36.6 Å². The van der Waals surface area contributed by atoms with E-state index in [1.54, 1.807) is 0 Å². The number of hydrogen-bond donors (Lipinski definition) is 12. The van der Waals surface area contributed by atoms with Gasteiger partial charge in [0.25, 0.3) is 0 Å². The van der Waals surface area contributed by atoms with Gasteiger partial charge in [-0.3, -0.25) is 38.8 Å². The van der Waals surface area contributed by atoms with Crippen LogP contribution < -0.4 is 55.3 Å². The van der Waals surface area contributed by atoms with Crippen molar-refractivity contribution in [3.05, 3.63) is 0 Å². The summed E-state index contributed by atoms with van der Waals surface area (Å²) in [7, 11) is 0. The van der Waals surface area contributed by atoms with Gasteiger partial charge in [-0.1, -0.05) is 0 Å². The molecule has 3 atom stereocenters. The Balaban J connectivity index is 4.78. The molecule has 0 heterocycles. The molecule has 0 aliphatic rings. The van der Waals surface area contributed by atoms with Gasteiger partial charge in [-0.25, -0.2) is 4.79 Å². The van der Waals surface area contributed by atoms with Crippen LogP contribution in [0.1, 0.15) is 38.5 Å². The third-order valence-corrected chi connectivity index (χ3v) is 5.48. The number of aliphatic carboxylic acids is 2. The molecule has 0 aromatic rings. The molecule has 0 aromatic heterocycles. The fourth-order valence-corrected chi connectivity index (χ4v) is 3.25. The number of aliphatic imine (C=N–C) groups is 2. The van der Waals surface area contributed by atoms with Crippen molar-refractivity contribution >= 4 is 53.4 Å². The van der Waals surface area contributed by atoms with Crippen molar-refractivity contribution < 1.29 is 43.8 Å². The number of carboxylic acid groups (broad SMARTS) is 2. The number of nitrogens with one attached hydrogen (secondary N) is 5. The molecule has 0 fully saturated rings. The van der Waals surface area contributed by atoms with Crippen molar-refractivity contribution in [1.82, 2.24) is 26.6 Å². The first-order valence-electron chi connectivity index (χ1n) is 13.3. The molecular formula is C23H42N12O9. The lowest BCUT2D eigenvalue weighted by molar-refractivity contribution is -0.143. The van der Waals surface area contributed by atoms with Crippen molar-refractivity contribution in [1.29, 1.82) is 0 Å². The van der Waals surface area contributed by atoms with Gasteiger partial charge in [0.2, 0.25) is 29.5 Å². The molecule has 0 saturated heterocycles. The second kappa shape index (κ2) is 21.5. The summed E-state index contributed by atoms with van der Waals surface area (Å²) in [5.41, 5.74) is 27.0. The smallest absolute Gasteiger partial charge is 0.326 e. The molecule has 5 amide bonds. The highest BCUT2D eigenvalue weighted by Gasteiger charge is 2.24. The van der Waals surface area contributed by atoms with Gasteiger partial charge in [-0.15, -0.1) is 0 Å². The number of carboxylic acids is 2. The molecule has 17 N–H and O–H groups in total. The van der Waals surface area contributed by atoms with E-state index in [0.717, 1.165) is 0 Å². The van der Waals surface area contributed by atoms with Crippen molar-refractivity contribution in [2.75, 3.05) is 32.7 Å². The first kappa shape index (κ1) is 38.8. The number of guanidine groups is 2. The van der Waals surface area contributed by atoms with Crippen molar-refractivity contribution in [3.63, 3.8) is 0 Å². The zero-order chi connectivity index (χ0) is 33.7. The molecule has 44 heavy (non-hydrogen) atoms. The lowest BCUT2D eigenvalue weighted by Crippen LogP contribution is -2.53. The van der Waals surface area contributed by atoms with Gasteiger partial charge in [0.1, 0.15) is 12.1 Å². The normalized spacial score (nSPS) is 12.3. The monoisotopic (exact) mass is 630 g/mol. The van der Waals surface area contributed by atoms with Crippen LogP contribution in [-0.2, 0) is 33.6 Å². The van der Waals surface area contributed by atoms with E-state index in [-0.39, 0.29) is 44.3 Å². The molecule has 21 heteroatoms. The highest BCUT2D eigenvalue weighted by atomic mass is 16.4. The third kappa shape index (κ3) is 19.8. The minimum absolute atomic E-state index is 0.0974. The third-order valence-electron chi connectivity index (χ3n) is 5.48. The topological polar surface area (TPSA) is 375 Å². The van der Waals surface area contributed by atoms with Crippen molar-refractivity contribution in [2.24, 2.45) is 38.7 Å². The molecule has 248 valence electrons. The summed E-state index contributed by atoms with van der Waals surface area (Å²) in [5, 5.41) is 29.0. The molecule has 0 rings (SSSR count). The van der Waals surface area contributed by atoms with E-state index in [9.17, 15) is 33.6 Å². The second-order valence-corrected chi connectivity index (χ2v) is 9.23. The molecule has 0 aliphatic heterocycles. The number of carbonyl (C=O) groups is 7. The van der Waals surface area contributed by atoms with E-state index >= 15 is 0 Å². The van der Waals surface area contributed by atoms with Gasteiger partial charge >= 0.3 is 11.9 Å². The van der Waals surface area contributed by atoms with E-state index in [4.69, 9.17) is 38.9 Å². The highest BCUT2D eigenvalue weighted by molar-refractivity contribution is 5.93. The first-order valence-corrected chi connectivity index (χ1v) is 13.3. The average molecular weight is 631 g/mol. The second-order valence-electron chi connectivity index (χ2n) is 9.23. The average Bonchev–Trinajstić information content (AvgIpc) is 2.94. The first-order chi connectivity index (χ1) is 20.6. The van der Waals surface area contributed by atoms with Crippen LogP contribution in [0, 0.1) is 0 Å². The van der Waals surface area contributed by atoms with Crippen LogP contribution in [0.5, 0.6) is 0 Å². The minimum atomic E-state index is -1.47. The van der Waals surface area contributed by atoms with Crippen LogP contribution in [0.3, 0.4) is 0 Å². The van der Waals surface area contributed by atoms with Crippen LogP contribution in [0.2, 0.25) is 0 Å². The molecule has 3 unspecified atom stereocenters. The summed E-state index contributed by atoms with van der Waals surface area (Å²) in [6.45, 7) is -1.37. The van der Waals surface area contributed by atoms with Crippen LogP contribution in [0.4, 0.5) is 0 Å². The zero-order valence-electron chi connectivity index (χ0n) is 24.0. The molecule has 0 saturated carbocycles. The maximum Gasteiger partial charge on any atom is 0.326 e. The Morgan fingerprint density at radius 2 is 1.11 bits per heavy atom. The van der Waals surface area contributed by atoms with Gasteiger partial charge < -0.3 is 65.5 Å². The Labute approximate surface area is 252 Å². The summed E-state index contributed by atoms with van der Waals surface area (Å²) in [6, 6.07) is -3.54. The Morgan fingerprint density at radius 3 is 1.61 bits per heavy atom. The molecule has 0 aliphatic carbocycles. The summed E-state index contributed by atoms with van der Waals surface area (Å²) in [4.78, 5) is 90.6. The molecule has 0 spiro atoms. The Hall–Kier alpha value is -5.21. The van der Waals surface area contributed by atoms with Crippen LogP contribution in [0.15, 0.2) is 9.98 Å². The van der Waals surface area contributed by atoms with Gasteiger partial charge in [-0.05, 0) is 32.1 Å². The van der Waals surface area contributed by atoms with E-state index in [0.29, 0.717) is 12.8 Å². The number of carbonyl (C=O) groups excluding carboxylic acids is 5.